The second-order valence-electron chi connectivity index (χ2n) is 2.69. The zero-order chi connectivity index (χ0) is 8.70. The monoisotopic (exact) mass is 230 g/mol. The molecular formula is C6H6BrF3O. The molecule has 1 aliphatic rings. The molecule has 1 rings (SSSR count). The van der Waals surface area contributed by atoms with Gasteiger partial charge in [0.25, 0.3) is 0 Å². The normalized spacial score (nSPS) is 24.4. The Bertz CT molecular complexity index is 173. The predicted molar refractivity (Wildman–Crippen MR) is 36.5 cm³/mol. The number of rotatable bonds is 2. The first kappa shape index (κ1) is 9.03. The lowest BCUT2D eigenvalue weighted by molar-refractivity contribution is -0.186. The second kappa shape index (κ2) is 2.47. The van der Waals surface area contributed by atoms with Crippen LogP contribution >= 0.6 is 15.9 Å². The van der Waals surface area contributed by atoms with E-state index in [4.69, 9.17) is 0 Å². The van der Waals surface area contributed by atoms with Crippen molar-refractivity contribution in [2.24, 2.45) is 5.41 Å². The molecule has 64 valence electrons. The minimum atomic E-state index is -4.25. The quantitative estimate of drug-likeness (QED) is 0.526. The third-order valence-corrected chi connectivity index (χ3v) is 3.09. The van der Waals surface area contributed by atoms with Gasteiger partial charge in [-0.05, 0) is 12.8 Å². The first-order chi connectivity index (χ1) is 4.94. The highest BCUT2D eigenvalue weighted by atomic mass is 79.9. The summed E-state index contributed by atoms with van der Waals surface area (Å²) >= 11 is 2.71. The summed E-state index contributed by atoms with van der Waals surface area (Å²) in [6, 6.07) is 0. The molecule has 1 saturated carbocycles. The predicted octanol–water partition coefficient (Wildman–Crippen LogP) is 2.29. The number of aldehydes is 1. The molecular weight excluding hydrogens is 225 g/mol. The molecule has 0 radical (unpaired) electrons. The minimum absolute atomic E-state index is 0.0607. The van der Waals surface area contributed by atoms with Crippen LogP contribution in [0.1, 0.15) is 12.8 Å². The molecule has 1 nitrogen and oxygen atoms in total. The summed E-state index contributed by atoms with van der Waals surface area (Å²) in [4.78, 5) is 9.02. The molecule has 0 heterocycles. The Kier molecular flexibility index (Phi) is 2.03. The van der Waals surface area contributed by atoms with E-state index < -0.39 is 16.4 Å². The standard InChI is InChI=1S/C6H6BrF3O/c7-4(3-11)5(1-2-5)6(8,9)10/h3-4H,1-2H2/t4-/m1/s1. The Balaban J connectivity index is 2.75. The molecule has 1 aliphatic carbocycles. The van der Waals surface area contributed by atoms with E-state index >= 15 is 0 Å². The number of hydrogen-bond acceptors (Lipinski definition) is 1. The van der Waals surface area contributed by atoms with E-state index in [1.54, 1.807) is 0 Å². The second-order valence-corrected chi connectivity index (χ2v) is 3.68. The van der Waals surface area contributed by atoms with Gasteiger partial charge in [-0.3, -0.25) is 0 Å². The highest BCUT2D eigenvalue weighted by Gasteiger charge is 2.66. The van der Waals surface area contributed by atoms with E-state index in [2.05, 4.69) is 15.9 Å². The third-order valence-electron chi connectivity index (χ3n) is 2.00. The molecule has 0 bridgehead atoms. The number of carbonyl (C=O) groups is 1. The summed E-state index contributed by atoms with van der Waals surface area (Å²) in [7, 11) is 0. The molecule has 1 atom stereocenters. The van der Waals surface area contributed by atoms with Crippen LogP contribution in [0, 0.1) is 5.41 Å². The van der Waals surface area contributed by atoms with Crippen molar-refractivity contribution in [3.8, 4) is 0 Å². The van der Waals surface area contributed by atoms with Gasteiger partial charge in [-0.2, -0.15) is 13.2 Å². The van der Waals surface area contributed by atoms with Crippen LogP contribution in [0.25, 0.3) is 0 Å². The van der Waals surface area contributed by atoms with E-state index in [0.717, 1.165) is 0 Å². The maximum Gasteiger partial charge on any atom is 0.396 e. The topological polar surface area (TPSA) is 17.1 Å². The number of alkyl halides is 4. The Morgan fingerprint density at radius 3 is 2.00 bits per heavy atom. The van der Waals surface area contributed by atoms with E-state index in [1.807, 2.05) is 0 Å². The fourth-order valence-electron chi connectivity index (χ4n) is 0.981. The Morgan fingerprint density at radius 1 is 1.45 bits per heavy atom. The van der Waals surface area contributed by atoms with E-state index in [9.17, 15) is 18.0 Å². The molecule has 1 fully saturated rings. The van der Waals surface area contributed by atoms with Crippen LogP contribution in [0.3, 0.4) is 0 Å². The Hall–Kier alpha value is -0.0600. The fourth-order valence-corrected chi connectivity index (χ4v) is 1.70. The molecule has 11 heavy (non-hydrogen) atoms. The fraction of sp³-hybridized carbons (Fsp3) is 0.833. The first-order valence-corrected chi connectivity index (χ1v) is 4.02. The van der Waals surface area contributed by atoms with Gasteiger partial charge in [0.2, 0.25) is 0 Å². The lowest BCUT2D eigenvalue weighted by atomic mass is 10.0. The van der Waals surface area contributed by atoms with E-state index in [-0.39, 0.29) is 12.8 Å². The van der Waals surface area contributed by atoms with E-state index in [1.165, 1.54) is 0 Å². The van der Waals surface area contributed by atoms with Gasteiger partial charge in [0, 0.05) is 0 Å². The van der Waals surface area contributed by atoms with Gasteiger partial charge in [0.15, 0.2) is 0 Å². The van der Waals surface area contributed by atoms with Crippen molar-refractivity contribution in [2.45, 2.75) is 23.8 Å². The van der Waals surface area contributed by atoms with Gasteiger partial charge in [0.05, 0.1) is 10.2 Å². The number of halogens is 4. The van der Waals surface area contributed by atoms with Crippen LogP contribution in [0.2, 0.25) is 0 Å². The van der Waals surface area contributed by atoms with Gasteiger partial charge in [-0.15, -0.1) is 0 Å². The van der Waals surface area contributed by atoms with Crippen molar-refractivity contribution in [1.29, 1.82) is 0 Å². The summed E-state index contributed by atoms with van der Waals surface area (Å²) in [5.74, 6) is 0. The summed E-state index contributed by atoms with van der Waals surface area (Å²) < 4.78 is 36.4. The highest BCUT2D eigenvalue weighted by molar-refractivity contribution is 9.10. The highest BCUT2D eigenvalue weighted by Crippen LogP contribution is 2.61. The average Bonchev–Trinajstić information content (AvgIpc) is 2.63. The van der Waals surface area contributed by atoms with Crippen molar-refractivity contribution in [2.75, 3.05) is 0 Å². The Labute approximate surface area is 70.1 Å². The SMILES string of the molecule is O=C[C@@H](Br)C1(C(F)(F)F)CC1. The molecule has 5 heteroatoms. The maximum atomic E-state index is 12.1. The van der Waals surface area contributed by atoms with Crippen LogP contribution in [0.5, 0.6) is 0 Å². The van der Waals surface area contributed by atoms with Crippen LogP contribution in [0.4, 0.5) is 13.2 Å². The lowest BCUT2D eigenvalue weighted by Crippen LogP contribution is -2.33. The van der Waals surface area contributed by atoms with Gasteiger partial charge in [0.1, 0.15) is 6.29 Å². The molecule has 0 aromatic rings. The molecule has 0 aromatic carbocycles. The first-order valence-electron chi connectivity index (χ1n) is 3.10. The molecule has 0 unspecified atom stereocenters. The summed E-state index contributed by atoms with van der Waals surface area (Å²) in [5, 5.41) is 0. The minimum Gasteiger partial charge on any atom is -0.302 e. The van der Waals surface area contributed by atoms with Crippen molar-refractivity contribution in [3.63, 3.8) is 0 Å². The van der Waals surface area contributed by atoms with Crippen LogP contribution in [-0.4, -0.2) is 17.3 Å². The molecule has 0 aliphatic heterocycles. The van der Waals surface area contributed by atoms with E-state index in [0.29, 0.717) is 6.29 Å². The number of carbonyl (C=O) groups excluding carboxylic acids is 1. The summed E-state index contributed by atoms with van der Waals surface area (Å²) in [6.45, 7) is 0. The summed E-state index contributed by atoms with van der Waals surface area (Å²) in [5.41, 5.74) is -1.76. The zero-order valence-electron chi connectivity index (χ0n) is 5.49. The van der Waals surface area contributed by atoms with Crippen molar-refractivity contribution >= 4 is 22.2 Å². The summed E-state index contributed by atoms with van der Waals surface area (Å²) in [6.07, 6.45) is -3.82. The van der Waals surface area contributed by atoms with Crippen molar-refractivity contribution in [1.82, 2.24) is 0 Å². The lowest BCUT2D eigenvalue weighted by Gasteiger charge is -2.20. The van der Waals surface area contributed by atoms with Crippen molar-refractivity contribution in [3.05, 3.63) is 0 Å². The van der Waals surface area contributed by atoms with Gasteiger partial charge in [-0.1, -0.05) is 15.9 Å². The largest absolute Gasteiger partial charge is 0.396 e. The zero-order valence-corrected chi connectivity index (χ0v) is 7.08. The van der Waals surface area contributed by atoms with Crippen molar-refractivity contribution < 1.29 is 18.0 Å². The van der Waals surface area contributed by atoms with Crippen LogP contribution in [0.15, 0.2) is 0 Å². The van der Waals surface area contributed by atoms with Gasteiger partial charge >= 0.3 is 6.18 Å². The third kappa shape index (κ3) is 1.30. The smallest absolute Gasteiger partial charge is 0.302 e. The molecule has 0 saturated heterocycles. The molecule has 0 amide bonds. The average molecular weight is 231 g/mol. The van der Waals surface area contributed by atoms with Crippen LogP contribution in [-0.2, 0) is 4.79 Å². The molecule has 0 aromatic heterocycles. The number of hydrogen-bond donors (Lipinski definition) is 0. The van der Waals surface area contributed by atoms with Gasteiger partial charge < -0.3 is 4.79 Å². The van der Waals surface area contributed by atoms with Crippen LogP contribution < -0.4 is 0 Å². The maximum absolute atomic E-state index is 12.1. The molecule has 0 N–H and O–H groups in total. The van der Waals surface area contributed by atoms with Gasteiger partial charge in [-0.25, -0.2) is 0 Å². The molecule has 0 spiro atoms. The Morgan fingerprint density at radius 2 is 1.91 bits per heavy atom.